The first kappa shape index (κ1) is 18.4. The number of hydrogen-bond acceptors (Lipinski definition) is 4. The van der Waals surface area contributed by atoms with Crippen LogP contribution >= 0.6 is 0 Å². The Kier molecular flexibility index (Phi) is 9.85. The van der Waals surface area contributed by atoms with Gasteiger partial charge in [0.25, 0.3) is 0 Å². The molecule has 0 saturated heterocycles. The van der Waals surface area contributed by atoms with Gasteiger partial charge in [-0.25, -0.2) is 0 Å². The number of nitrogens with one attached hydrogen (secondary N) is 1. The smallest absolute Gasteiger partial charge is 0.103 e. The van der Waals surface area contributed by atoms with E-state index in [0.717, 1.165) is 32.5 Å². The zero-order valence-electron chi connectivity index (χ0n) is 13.5. The van der Waals surface area contributed by atoms with Gasteiger partial charge in [0, 0.05) is 0 Å². The molecule has 0 amide bonds. The highest BCUT2D eigenvalue weighted by molar-refractivity contribution is 5.02. The molecule has 0 heterocycles. The lowest BCUT2D eigenvalue weighted by Gasteiger charge is -2.23. The first-order valence-electron chi connectivity index (χ1n) is 7.44. The van der Waals surface area contributed by atoms with Crippen molar-refractivity contribution in [3.05, 3.63) is 0 Å². The van der Waals surface area contributed by atoms with Crippen LogP contribution in [0.1, 0.15) is 39.5 Å². The largest absolute Gasteiger partial charge is 0.309 e. The van der Waals surface area contributed by atoms with Gasteiger partial charge in [0.2, 0.25) is 0 Å². The number of nitriles is 1. The third-order valence-corrected chi connectivity index (χ3v) is 3.73. The molecule has 1 atom stereocenters. The van der Waals surface area contributed by atoms with Crippen LogP contribution < -0.4 is 5.32 Å². The van der Waals surface area contributed by atoms with E-state index in [-0.39, 0.29) is 5.54 Å². The summed E-state index contributed by atoms with van der Waals surface area (Å²) in [4.78, 5) is 4.74. The minimum absolute atomic E-state index is 0.359. The van der Waals surface area contributed by atoms with Gasteiger partial charge in [-0.05, 0) is 79.9 Å². The van der Waals surface area contributed by atoms with Crippen molar-refractivity contribution >= 4 is 0 Å². The highest BCUT2D eigenvalue weighted by Gasteiger charge is 2.19. The van der Waals surface area contributed by atoms with Gasteiger partial charge in [0.05, 0.1) is 6.07 Å². The summed E-state index contributed by atoms with van der Waals surface area (Å²) in [7, 11) is 6.11. The summed E-state index contributed by atoms with van der Waals surface area (Å²) in [5, 5.41) is 12.2. The molecule has 1 N–H and O–H groups in total. The minimum Gasteiger partial charge on any atom is -0.309 e. The third-order valence-electron chi connectivity index (χ3n) is 3.73. The molecule has 0 rings (SSSR count). The Bertz CT molecular complexity index is 259. The predicted molar refractivity (Wildman–Crippen MR) is 82.2 cm³/mol. The molecule has 0 aromatic rings. The van der Waals surface area contributed by atoms with Crippen LogP contribution in [0.4, 0.5) is 0 Å². The second kappa shape index (κ2) is 10.2. The standard InChI is InChI=1S/C15H32N4/c1-6-19(13-9-11-18(4)5)12-8-7-10-15(2,14-16)17-3/h17H,6-13H2,1-5H3. The number of rotatable bonds is 11. The quantitative estimate of drug-likeness (QED) is 0.582. The Morgan fingerprint density at radius 2 is 1.74 bits per heavy atom. The average Bonchev–Trinajstić information content (AvgIpc) is 2.40. The molecule has 0 bridgehead atoms. The van der Waals surface area contributed by atoms with Crippen LogP contribution in [-0.4, -0.2) is 62.7 Å². The molecule has 0 aromatic heterocycles. The highest BCUT2D eigenvalue weighted by atomic mass is 15.1. The van der Waals surface area contributed by atoms with Crippen LogP contribution in [0, 0.1) is 11.3 Å². The Balaban J connectivity index is 3.75. The number of nitrogens with zero attached hydrogens (tertiary/aromatic N) is 3. The van der Waals surface area contributed by atoms with Gasteiger partial charge in [-0.15, -0.1) is 0 Å². The van der Waals surface area contributed by atoms with E-state index in [0.29, 0.717) is 0 Å². The minimum atomic E-state index is -0.359. The first-order valence-corrected chi connectivity index (χ1v) is 7.44. The predicted octanol–water partition coefficient (Wildman–Crippen LogP) is 1.93. The number of hydrogen-bond donors (Lipinski definition) is 1. The molecule has 0 aliphatic heterocycles. The van der Waals surface area contributed by atoms with E-state index in [2.05, 4.69) is 42.2 Å². The molecule has 0 aliphatic rings. The van der Waals surface area contributed by atoms with E-state index in [1.165, 1.54) is 19.4 Å². The number of unbranched alkanes of at least 4 members (excludes halogenated alkanes) is 1. The van der Waals surface area contributed by atoms with Crippen LogP contribution in [-0.2, 0) is 0 Å². The van der Waals surface area contributed by atoms with Crippen LogP contribution in [0.3, 0.4) is 0 Å². The lowest BCUT2D eigenvalue weighted by atomic mass is 9.97. The molecule has 0 saturated carbocycles. The Morgan fingerprint density at radius 1 is 1.11 bits per heavy atom. The summed E-state index contributed by atoms with van der Waals surface area (Å²) in [6.07, 6.45) is 4.44. The Morgan fingerprint density at radius 3 is 2.21 bits per heavy atom. The van der Waals surface area contributed by atoms with Gasteiger partial charge >= 0.3 is 0 Å². The summed E-state index contributed by atoms with van der Waals surface area (Å²) >= 11 is 0. The van der Waals surface area contributed by atoms with Crippen molar-refractivity contribution in [1.29, 1.82) is 5.26 Å². The Hall–Kier alpha value is -0.630. The average molecular weight is 268 g/mol. The monoisotopic (exact) mass is 268 g/mol. The molecule has 112 valence electrons. The van der Waals surface area contributed by atoms with Gasteiger partial charge in [0.15, 0.2) is 0 Å². The Labute approximate surface area is 119 Å². The molecule has 0 radical (unpaired) electrons. The molecule has 4 nitrogen and oxygen atoms in total. The normalized spacial score (nSPS) is 14.6. The van der Waals surface area contributed by atoms with E-state index >= 15 is 0 Å². The molecule has 4 heteroatoms. The zero-order chi connectivity index (χ0) is 14.7. The van der Waals surface area contributed by atoms with Crippen molar-refractivity contribution in [2.24, 2.45) is 0 Å². The van der Waals surface area contributed by atoms with Crippen LogP contribution in [0.2, 0.25) is 0 Å². The molecular weight excluding hydrogens is 236 g/mol. The maximum absolute atomic E-state index is 9.08. The van der Waals surface area contributed by atoms with Crippen molar-refractivity contribution in [3.8, 4) is 6.07 Å². The summed E-state index contributed by atoms with van der Waals surface area (Å²) in [5.74, 6) is 0. The molecule has 0 spiro atoms. The summed E-state index contributed by atoms with van der Waals surface area (Å²) in [5.41, 5.74) is -0.359. The molecule has 0 aliphatic carbocycles. The van der Waals surface area contributed by atoms with Crippen LogP contribution in [0.25, 0.3) is 0 Å². The maximum Gasteiger partial charge on any atom is 0.103 e. The third kappa shape index (κ3) is 8.99. The molecule has 0 fully saturated rings. The van der Waals surface area contributed by atoms with Gasteiger partial charge < -0.3 is 15.1 Å². The van der Waals surface area contributed by atoms with E-state index in [1.807, 2.05) is 14.0 Å². The van der Waals surface area contributed by atoms with Crippen LogP contribution in [0.5, 0.6) is 0 Å². The van der Waals surface area contributed by atoms with E-state index in [1.54, 1.807) is 0 Å². The van der Waals surface area contributed by atoms with Gasteiger partial charge in [-0.1, -0.05) is 6.92 Å². The highest BCUT2D eigenvalue weighted by Crippen LogP contribution is 2.12. The molecule has 1 unspecified atom stereocenters. The molecule has 19 heavy (non-hydrogen) atoms. The van der Waals surface area contributed by atoms with Crippen molar-refractivity contribution in [1.82, 2.24) is 15.1 Å². The first-order chi connectivity index (χ1) is 8.97. The van der Waals surface area contributed by atoms with E-state index < -0.39 is 0 Å². The van der Waals surface area contributed by atoms with Crippen molar-refractivity contribution in [3.63, 3.8) is 0 Å². The van der Waals surface area contributed by atoms with E-state index in [4.69, 9.17) is 5.26 Å². The summed E-state index contributed by atoms with van der Waals surface area (Å²) in [6, 6.07) is 2.35. The van der Waals surface area contributed by atoms with Crippen molar-refractivity contribution in [2.45, 2.75) is 45.1 Å². The lowest BCUT2D eigenvalue weighted by molar-refractivity contribution is 0.258. The van der Waals surface area contributed by atoms with Crippen molar-refractivity contribution < 1.29 is 0 Å². The summed E-state index contributed by atoms with van der Waals surface area (Å²) in [6.45, 7) is 8.80. The SMILES string of the molecule is CCN(CCCCC(C)(C#N)NC)CCCN(C)C. The van der Waals surface area contributed by atoms with Gasteiger partial charge in [-0.2, -0.15) is 5.26 Å². The van der Waals surface area contributed by atoms with E-state index in [9.17, 15) is 0 Å². The fourth-order valence-corrected chi connectivity index (χ4v) is 2.09. The second-order valence-corrected chi connectivity index (χ2v) is 5.74. The summed E-state index contributed by atoms with van der Waals surface area (Å²) < 4.78 is 0. The lowest BCUT2D eigenvalue weighted by Crippen LogP contribution is -2.38. The fraction of sp³-hybridized carbons (Fsp3) is 0.933. The van der Waals surface area contributed by atoms with Crippen molar-refractivity contribution in [2.75, 3.05) is 47.3 Å². The molecule has 0 aromatic carbocycles. The zero-order valence-corrected chi connectivity index (χ0v) is 13.5. The second-order valence-electron chi connectivity index (χ2n) is 5.74. The van der Waals surface area contributed by atoms with Gasteiger partial charge in [0.1, 0.15) is 5.54 Å². The fourth-order valence-electron chi connectivity index (χ4n) is 2.09. The topological polar surface area (TPSA) is 42.3 Å². The van der Waals surface area contributed by atoms with Gasteiger partial charge in [-0.3, -0.25) is 0 Å². The molecular formula is C15H32N4. The van der Waals surface area contributed by atoms with Crippen LogP contribution in [0.15, 0.2) is 0 Å². The maximum atomic E-state index is 9.08.